The number of nitrogens with one attached hydrogen (secondary N) is 1. The molecular formula is C21H16F3N7O3S. The number of pyridine rings is 2. The Hall–Kier alpha value is -4.09. The van der Waals surface area contributed by atoms with Crippen LogP contribution in [0.4, 0.5) is 13.2 Å². The number of halogens is 3. The summed E-state index contributed by atoms with van der Waals surface area (Å²) in [4.78, 5) is 16.4. The fourth-order valence-corrected chi connectivity index (χ4v) is 4.46. The van der Waals surface area contributed by atoms with E-state index in [-0.39, 0.29) is 17.0 Å². The van der Waals surface area contributed by atoms with Gasteiger partial charge in [0.05, 0.1) is 36.5 Å². The van der Waals surface area contributed by atoms with E-state index in [1.54, 1.807) is 10.8 Å². The molecule has 1 atom stereocenters. The smallest absolute Gasteiger partial charge is 0.404 e. The van der Waals surface area contributed by atoms with Crippen LogP contribution < -0.4 is 9.46 Å². The van der Waals surface area contributed by atoms with Crippen molar-refractivity contribution < 1.29 is 26.3 Å². The molecule has 0 radical (unpaired) electrons. The Kier molecular flexibility index (Phi) is 6.14. The minimum atomic E-state index is -4.76. The van der Waals surface area contributed by atoms with E-state index >= 15 is 0 Å². The number of rotatable bonds is 6. The molecule has 35 heavy (non-hydrogen) atoms. The van der Waals surface area contributed by atoms with Crippen LogP contribution in [0.3, 0.4) is 0 Å². The molecule has 0 fully saturated rings. The molecule has 0 aliphatic carbocycles. The van der Waals surface area contributed by atoms with Crippen molar-refractivity contribution in [1.82, 2.24) is 29.2 Å². The SMILES string of the molecule is COc1cnc2c(c1)c(C#N)c(-c1ccc(S(=O)(=O)N[C@@H](C)C(F)(F)F)cn1)n2-c1cnccn1. The number of hydrogen-bond acceptors (Lipinski definition) is 8. The minimum Gasteiger partial charge on any atom is -0.495 e. The molecule has 180 valence electrons. The summed E-state index contributed by atoms with van der Waals surface area (Å²) >= 11 is 0. The lowest BCUT2D eigenvalue weighted by molar-refractivity contribution is -0.147. The second kappa shape index (κ2) is 8.93. The van der Waals surface area contributed by atoms with Gasteiger partial charge in [0.15, 0.2) is 5.82 Å². The summed E-state index contributed by atoms with van der Waals surface area (Å²) in [5.74, 6) is 0.710. The van der Waals surface area contributed by atoms with Gasteiger partial charge in [0.1, 0.15) is 28.4 Å². The van der Waals surface area contributed by atoms with Crippen molar-refractivity contribution in [1.29, 1.82) is 5.26 Å². The monoisotopic (exact) mass is 503 g/mol. The van der Waals surface area contributed by atoms with Crippen molar-refractivity contribution in [2.75, 3.05) is 7.11 Å². The third-order valence-corrected chi connectivity index (χ3v) is 6.55. The zero-order chi connectivity index (χ0) is 25.4. The molecule has 4 rings (SSSR count). The first-order chi connectivity index (χ1) is 16.6. The molecule has 10 nitrogen and oxygen atoms in total. The molecule has 14 heteroatoms. The lowest BCUT2D eigenvalue weighted by Crippen LogP contribution is -2.42. The van der Waals surface area contributed by atoms with Crippen LogP contribution in [0, 0.1) is 11.3 Å². The van der Waals surface area contributed by atoms with E-state index in [1.807, 2.05) is 0 Å². The Morgan fingerprint density at radius 1 is 1.14 bits per heavy atom. The van der Waals surface area contributed by atoms with Gasteiger partial charge < -0.3 is 4.74 Å². The standard InChI is InChI=1S/C21H16F3N7O3S/c1-12(21(22,23)24)30-35(32,33)14-3-4-17(28-10-14)19-16(8-25)15-7-13(34-2)9-29-20(15)31(19)18-11-26-5-6-27-18/h3-7,9-12,30H,1-2H3/t12-/m0/s1. The average molecular weight is 503 g/mol. The van der Waals surface area contributed by atoms with E-state index in [0.717, 1.165) is 12.3 Å². The van der Waals surface area contributed by atoms with E-state index in [1.165, 1.54) is 42.5 Å². The summed E-state index contributed by atoms with van der Waals surface area (Å²) in [6.45, 7) is 0.694. The fraction of sp³-hybridized carbons (Fsp3) is 0.190. The number of aromatic nitrogens is 5. The molecule has 4 heterocycles. The summed E-state index contributed by atoms with van der Waals surface area (Å²) in [5, 5.41) is 10.4. The van der Waals surface area contributed by atoms with Crippen LogP contribution in [0.1, 0.15) is 12.5 Å². The number of nitriles is 1. The van der Waals surface area contributed by atoms with Crippen LogP contribution in [-0.2, 0) is 10.0 Å². The predicted octanol–water partition coefficient (Wildman–Crippen LogP) is 2.99. The number of ether oxygens (including phenoxy) is 1. The molecule has 4 aromatic heterocycles. The quantitative estimate of drug-likeness (QED) is 0.424. The van der Waals surface area contributed by atoms with Crippen LogP contribution in [0.5, 0.6) is 5.75 Å². The van der Waals surface area contributed by atoms with Gasteiger partial charge >= 0.3 is 6.18 Å². The van der Waals surface area contributed by atoms with Crippen LogP contribution in [-0.4, -0.2) is 52.2 Å². The zero-order valence-corrected chi connectivity index (χ0v) is 19.0. The highest BCUT2D eigenvalue weighted by Crippen LogP contribution is 2.35. The number of alkyl halides is 3. The number of fused-ring (bicyclic) bond motifs is 1. The van der Waals surface area contributed by atoms with Crippen molar-refractivity contribution in [3.63, 3.8) is 0 Å². The van der Waals surface area contributed by atoms with Gasteiger partial charge in [-0.2, -0.15) is 23.2 Å². The van der Waals surface area contributed by atoms with Gasteiger partial charge in [-0.1, -0.05) is 0 Å². The van der Waals surface area contributed by atoms with Gasteiger partial charge in [-0.25, -0.2) is 18.4 Å². The molecule has 0 saturated carbocycles. The summed E-state index contributed by atoms with van der Waals surface area (Å²) in [7, 11) is -3.06. The third kappa shape index (κ3) is 4.51. The molecule has 1 N–H and O–H groups in total. The number of nitrogens with zero attached hydrogens (tertiary/aromatic N) is 6. The molecule has 0 saturated heterocycles. The Balaban J connectivity index is 1.88. The average Bonchev–Trinajstić information content (AvgIpc) is 3.17. The number of methoxy groups -OCH3 is 1. The van der Waals surface area contributed by atoms with E-state index in [2.05, 4.69) is 26.0 Å². The van der Waals surface area contributed by atoms with Crippen LogP contribution in [0.15, 0.2) is 54.1 Å². The molecule has 0 bridgehead atoms. The van der Waals surface area contributed by atoms with Crippen LogP contribution >= 0.6 is 0 Å². The number of hydrogen-bond donors (Lipinski definition) is 1. The van der Waals surface area contributed by atoms with E-state index in [9.17, 15) is 26.9 Å². The molecule has 4 aromatic rings. The second-order valence-corrected chi connectivity index (χ2v) is 8.96. The van der Waals surface area contributed by atoms with Crippen molar-refractivity contribution in [3.8, 4) is 29.0 Å². The first-order valence-electron chi connectivity index (χ1n) is 9.87. The summed E-state index contributed by atoms with van der Waals surface area (Å²) in [5.41, 5.74) is 0.900. The van der Waals surface area contributed by atoms with Crippen molar-refractivity contribution >= 4 is 21.1 Å². The van der Waals surface area contributed by atoms with Gasteiger partial charge in [0, 0.05) is 24.0 Å². The summed E-state index contributed by atoms with van der Waals surface area (Å²) in [6.07, 6.45) is 1.96. The third-order valence-electron chi connectivity index (χ3n) is 5.02. The minimum absolute atomic E-state index is 0.156. The highest BCUT2D eigenvalue weighted by molar-refractivity contribution is 7.89. The lowest BCUT2D eigenvalue weighted by Gasteiger charge is -2.17. The van der Waals surface area contributed by atoms with Crippen molar-refractivity contribution in [2.45, 2.75) is 24.0 Å². The molecular weight excluding hydrogens is 487 g/mol. The topological polar surface area (TPSA) is 136 Å². The van der Waals surface area contributed by atoms with E-state index < -0.39 is 27.1 Å². The molecule has 0 spiro atoms. The lowest BCUT2D eigenvalue weighted by atomic mass is 10.1. The fourth-order valence-electron chi connectivity index (χ4n) is 3.29. The normalized spacial score (nSPS) is 12.9. The molecule has 0 aliphatic rings. The summed E-state index contributed by atoms with van der Waals surface area (Å²) in [6, 6.07) is 3.80. The Morgan fingerprint density at radius 2 is 1.91 bits per heavy atom. The maximum Gasteiger partial charge on any atom is 0.404 e. The maximum absolute atomic E-state index is 12.8. The largest absolute Gasteiger partial charge is 0.495 e. The number of sulfonamides is 1. The van der Waals surface area contributed by atoms with Gasteiger partial charge in [-0.3, -0.25) is 14.5 Å². The van der Waals surface area contributed by atoms with Crippen LogP contribution in [0.25, 0.3) is 28.2 Å². The zero-order valence-electron chi connectivity index (χ0n) is 18.1. The first-order valence-corrected chi connectivity index (χ1v) is 11.4. The molecule has 0 amide bonds. The molecule has 0 aromatic carbocycles. The van der Waals surface area contributed by atoms with Gasteiger partial charge in [0.2, 0.25) is 10.0 Å². The Bertz CT molecular complexity index is 1530. The van der Waals surface area contributed by atoms with E-state index in [4.69, 9.17) is 4.74 Å². The van der Waals surface area contributed by atoms with E-state index in [0.29, 0.717) is 29.5 Å². The maximum atomic E-state index is 12.8. The molecule has 0 unspecified atom stereocenters. The predicted molar refractivity (Wildman–Crippen MR) is 117 cm³/mol. The first kappa shape index (κ1) is 24.0. The Morgan fingerprint density at radius 3 is 2.49 bits per heavy atom. The van der Waals surface area contributed by atoms with Crippen molar-refractivity contribution in [2.24, 2.45) is 0 Å². The summed E-state index contributed by atoms with van der Waals surface area (Å²) < 4.78 is 71.6. The molecule has 0 aliphatic heterocycles. The van der Waals surface area contributed by atoms with Gasteiger partial charge in [-0.05, 0) is 25.1 Å². The second-order valence-electron chi connectivity index (χ2n) is 7.24. The van der Waals surface area contributed by atoms with Gasteiger partial charge in [0.25, 0.3) is 0 Å². The van der Waals surface area contributed by atoms with Crippen LogP contribution in [0.2, 0.25) is 0 Å². The highest BCUT2D eigenvalue weighted by atomic mass is 32.2. The Labute approximate surface area is 197 Å². The van der Waals surface area contributed by atoms with Gasteiger partial charge in [-0.15, -0.1) is 0 Å². The highest BCUT2D eigenvalue weighted by Gasteiger charge is 2.39. The van der Waals surface area contributed by atoms with Crippen molar-refractivity contribution in [3.05, 3.63) is 54.7 Å².